The Labute approximate surface area is 172 Å². The number of halogens is 2. The predicted molar refractivity (Wildman–Crippen MR) is 103 cm³/mol. The zero-order valence-electron chi connectivity index (χ0n) is 17.2. The molecule has 1 saturated carbocycles. The quantitative estimate of drug-likeness (QED) is 0.482. The second-order valence-electron chi connectivity index (χ2n) is 7.61. The summed E-state index contributed by atoms with van der Waals surface area (Å²) in [6.07, 6.45) is 2.60. The molecule has 2 heterocycles. The summed E-state index contributed by atoms with van der Waals surface area (Å²) in [5.74, 6) is -5.66. The first kappa shape index (κ1) is 21.9. The lowest BCUT2D eigenvalue weighted by Gasteiger charge is -2.38. The van der Waals surface area contributed by atoms with E-state index < -0.39 is 35.8 Å². The van der Waals surface area contributed by atoms with Crippen molar-refractivity contribution in [1.29, 1.82) is 0 Å². The Morgan fingerprint density at radius 2 is 1.97 bits per heavy atom. The Bertz CT molecular complexity index is 853. The number of nitrogens with zero attached hydrogens (tertiary/aromatic N) is 2. The molecular formula is C20H25F2N3O5. The van der Waals surface area contributed by atoms with Gasteiger partial charge in [-0.2, -0.15) is 8.78 Å². The minimum Gasteiger partial charge on any atom is -0.476 e. The number of carbonyl (C=O) groups excluding carboxylic acids is 3. The largest absolute Gasteiger partial charge is 0.476 e. The van der Waals surface area contributed by atoms with Gasteiger partial charge in [0.15, 0.2) is 0 Å². The van der Waals surface area contributed by atoms with Crippen LogP contribution in [0.2, 0.25) is 0 Å². The van der Waals surface area contributed by atoms with Crippen LogP contribution in [0.25, 0.3) is 0 Å². The summed E-state index contributed by atoms with van der Waals surface area (Å²) in [6, 6.07) is 2.67. The smallest absolute Gasteiger partial charge is 0.342 e. The zero-order valence-corrected chi connectivity index (χ0v) is 17.2. The van der Waals surface area contributed by atoms with Crippen LogP contribution in [0.3, 0.4) is 0 Å². The van der Waals surface area contributed by atoms with Crippen LogP contribution in [0.1, 0.15) is 50.0 Å². The molecule has 2 aliphatic rings. The molecule has 1 aromatic heterocycles. The molecule has 0 spiro atoms. The molecule has 0 unspecified atom stereocenters. The molecule has 0 radical (unpaired) electrons. The standard InChI is InChI=1S/C20H25F2N3O5/c1-4-19(5-2,18(28)29-3)24-15(26)13-8-9-14(25-11-20(21,22)17(25)27)16(23-13)30-10-12-6-7-12/h8-9,12H,4-7,10-11H2,1-3H3,(H,24,26). The van der Waals surface area contributed by atoms with Crippen molar-refractivity contribution in [3.8, 4) is 5.88 Å². The zero-order chi connectivity index (χ0) is 22.1. The summed E-state index contributed by atoms with van der Waals surface area (Å²) in [4.78, 5) is 41.8. The number of hydrogen-bond donors (Lipinski definition) is 1. The highest BCUT2D eigenvalue weighted by Gasteiger charge is 2.55. The number of nitrogens with one attached hydrogen (secondary N) is 1. The van der Waals surface area contributed by atoms with Crippen molar-refractivity contribution in [1.82, 2.24) is 10.3 Å². The number of aromatic nitrogens is 1. The van der Waals surface area contributed by atoms with E-state index in [-0.39, 0.29) is 17.3 Å². The molecule has 2 fully saturated rings. The summed E-state index contributed by atoms with van der Waals surface area (Å²) >= 11 is 0. The molecule has 1 aliphatic carbocycles. The maximum atomic E-state index is 13.3. The number of alkyl halides is 2. The molecular weight excluding hydrogens is 400 g/mol. The van der Waals surface area contributed by atoms with Crippen LogP contribution in [-0.2, 0) is 14.3 Å². The van der Waals surface area contributed by atoms with E-state index >= 15 is 0 Å². The third-order valence-electron chi connectivity index (χ3n) is 5.57. The number of β-lactam (4-membered cyclic amide) rings is 1. The lowest BCUT2D eigenvalue weighted by atomic mass is 9.92. The molecule has 1 aliphatic heterocycles. The van der Waals surface area contributed by atoms with Crippen LogP contribution in [-0.4, -0.2) is 54.5 Å². The summed E-state index contributed by atoms with van der Waals surface area (Å²) in [5.41, 5.74) is -1.18. The Kier molecular flexibility index (Phi) is 5.96. The van der Waals surface area contributed by atoms with Gasteiger partial charge >= 0.3 is 11.9 Å². The first-order valence-electron chi connectivity index (χ1n) is 9.92. The van der Waals surface area contributed by atoms with Gasteiger partial charge in [0.2, 0.25) is 5.88 Å². The highest BCUT2D eigenvalue weighted by atomic mass is 19.3. The van der Waals surface area contributed by atoms with Crippen molar-refractivity contribution in [3.05, 3.63) is 17.8 Å². The Morgan fingerprint density at radius 3 is 2.47 bits per heavy atom. The van der Waals surface area contributed by atoms with E-state index in [1.165, 1.54) is 19.2 Å². The Morgan fingerprint density at radius 1 is 1.30 bits per heavy atom. The topological polar surface area (TPSA) is 97.8 Å². The first-order chi connectivity index (χ1) is 14.2. The average Bonchev–Trinajstić information content (AvgIpc) is 3.58. The van der Waals surface area contributed by atoms with Crippen LogP contribution in [0, 0.1) is 5.92 Å². The molecule has 0 bridgehead atoms. The van der Waals surface area contributed by atoms with E-state index in [1.54, 1.807) is 13.8 Å². The van der Waals surface area contributed by atoms with Crippen LogP contribution < -0.4 is 15.0 Å². The van der Waals surface area contributed by atoms with Gasteiger partial charge in [0, 0.05) is 0 Å². The number of esters is 1. The summed E-state index contributed by atoms with van der Waals surface area (Å²) < 4.78 is 37.2. The molecule has 164 valence electrons. The van der Waals surface area contributed by atoms with Crippen molar-refractivity contribution in [3.63, 3.8) is 0 Å². The van der Waals surface area contributed by atoms with Gasteiger partial charge in [-0.05, 0) is 43.7 Å². The third-order valence-corrected chi connectivity index (χ3v) is 5.57. The minimum absolute atomic E-state index is 0.0561. The second kappa shape index (κ2) is 8.16. The van der Waals surface area contributed by atoms with E-state index in [0.717, 1.165) is 17.7 Å². The number of carbonyl (C=O) groups is 3. The van der Waals surface area contributed by atoms with Gasteiger partial charge in [-0.15, -0.1) is 0 Å². The maximum Gasteiger partial charge on any atom is 0.342 e. The van der Waals surface area contributed by atoms with Crippen LogP contribution in [0.4, 0.5) is 14.5 Å². The SMILES string of the molecule is CCC(CC)(NC(=O)c1ccc(N2CC(F)(F)C2=O)c(OCC2CC2)n1)C(=O)OC. The second-order valence-corrected chi connectivity index (χ2v) is 7.61. The van der Waals surface area contributed by atoms with Crippen molar-refractivity contribution >= 4 is 23.5 Å². The molecule has 10 heteroatoms. The third kappa shape index (κ3) is 4.08. The van der Waals surface area contributed by atoms with Gasteiger partial charge < -0.3 is 14.8 Å². The number of pyridine rings is 1. The number of ether oxygens (including phenoxy) is 2. The van der Waals surface area contributed by atoms with E-state index in [4.69, 9.17) is 9.47 Å². The van der Waals surface area contributed by atoms with E-state index in [2.05, 4.69) is 10.3 Å². The summed E-state index contributed by atoms with van der Waals surface area (Å²) in [6.45, 7) is 3.05. The number of rotatable bonds is 9. The van der Waals surface area contributed by atoms with Crippen LogP contribution in [0.5, 0.6) is 5.88 Å². The maximum absolute atomic E-state index is 13.3. The fourth-order valence-corrected chi connectivity index (χ4v) is 3.23. The highest BCUT2D eigenvalue weighted by molar-refractivity contribution is 6.06. The molecule has 0 atom stereocenters. The van der Waals surface area contributed by atoms with Gasteiger partial charge in [0.25, 0.3) is 11.8 Å². The molecule has 1 N–H and O–H groups in total. The van der Waals surface area contributed by atoms with Gasteiger partial charge in [-0.25, -0.2) is 9.78 Å². The predicted octanol–water partition coefficient (Wildman–Crippen LogP) is 2.31. The molecule has 1 aromatic rings. The van der Waals surface area contributed by atoms with Crippen molar-refractivity contribution in [2.45, 2.75) is 51.0 Å². The summed E-state index contributed by atoms with van der Waals surface area (Å²) in [5, 5.41) is 2.67. The van der Waals surface area contributed by atoms with Gasteiger partial charge in [-0.3, -0.25) is 14.5 Å². The van der Waals surface area contributed by atoms with Gasteiger partial charge in [0.1, 0.15) is 16.9 Å². The van der Waals surface area contributed by atoms with Crippen molar-refractivity contribution in [2.75, 3.05) is 25.2 Å². The van der Waals surface area contributed by atoms with Crippen molar-refractivity contribution < 1.29 is 32.6 Å². The molecule has 1 saturated heterocycles. The molecule has 0 aromatic carbocycles. The summed E-state index contributed by atoms with van der Waals surface area (Å²) in [7, 11) is 1.24. The fraction of sp³-hybridized carbons (Fsp3) is 0.600. The average molecular weight is 425 g/mol. The molecule has 3 rings (SSSR count). The highest BCUT2D eigenvalue weighted by Crippen LogP contribution is 2.39. The molecule has 8 nitrogen and oxygen atoms in total. The van der Waals surface area contributed by atoms with Gasteiger partial charge in [-0.1, -0.05) is 13.8 Å². The van der Waals surface area contributed by atoms with Crippen LogP contribution >= 0.6 is 0 Å². The normalized spacial score (nSPS) is 17.9. The van der Waals surface area contributed by atoms with Gasteiger partial charge in [0.05, 0.1) is 20.3 Å². The van der Waals surface area contributed by atoms with E-state index in [9.17, 15) is 23.2 Å². The monoisotopic (exact) mass is 425 g/mol. The van der Waals surface area contributed by atoms with Crippen molar-refractivity contribution in [2.24, 2.45) is 5.92 Å². The molecule has 30 heavy (non-hydrogen) atoms. The Hall–Kier alpha value is -2.78. The van der Waals surface area contributed by atoms with E-state index in [0.29, 0.717) is 25.4 Å². The minimum atomic E-state index is -3.41. The number of amides is 2. The fourth-order valence-electron chi connectivity index (χ4n) is 3.23. The lowest BCUT2D eigenvalue weighted by Crippen LogP contribution is -2.62. The first-order valence-corrected chi connectivity index (χ1v) is 9.92. The molecule has 2 amide bonds. The lowest BCUT2D eigenvalue weighted by molar-refractivity contribution is -0.152. The number of hydrogen-bond acceptors (Lipinski definition) is 6. The van der Waals surface area contributed by atoms with Crippen LogP contribution in [0.15, 0.2) is 12.1 Å². The Balaban J connectivity index is 1.86. The number of anilines is 1. The van der Waals surface area contributed by atoms with E-state index in [1.807, 2.05) is 0 Å². The number of methoxy groups -OCH3 is 1.